The van der Waals surface area contributed by atoms with Crippen LogP contribution in [0.1, 0.15) is 44.1 Å². The second-order valence-electron chi connectivity index (χ2n) is 9.25. The second kappa shape index (κ2) is 9.22. The Labute approximate surface area is 198 Å². The van der Waals surface area contributed by atoms with E-state index < -0.39 is 16.8 Å². The highest BCUT2D eigenvalue weighted by molar-refractivity contribution is 8.01. The van der Waals surface area contributed by atoms with Crippen molar-refractivity contribution in [3.05, 3.63) is 72.3 Å². The van der Waals surface area contributed by atoms with Crippen LogP contribution in [0, 0.1) is 5.92 Å². The van der Waals surface area contributed by atoms with Gasteiger partial charge in [0.2, 0.25) is 0 Å². The number of ketones is 1. The number of cyclic esters (lactones) is 1. The summed E-state index contributed by atoms with van der Waals surface area (Å²) in [6, 6.07) is 21.1. The van der Waals surface area contributed by atoms with Crippen molar-refractivity contribution in [1.82, 2.24) is 0 Å². The van der Waals surface area contributed by atoms with Crippen LogP contribution in [-0.4, -0.2) is 27.7 Å². The quantitative estimate of drug-likeness (QED) is 0.357. The number of fused-ring (bicyclic) bond motifs is 1. The van der Waals surface area contributed by atoms with E-state index in [1.807, 2.05) is 54.6 Å². The molecule has 2 fully saturated rings. The van der Waals surface area contributed by atoms with Crippen LogP contribution >= 0.6 is 11.8 Å². The van der Waals surface area contributed by atoms with Crippen LogP contribution in [0.5, 0.6) is 5.75 Å². The Balaban J connectivity index is 1.37. The third-order valence-electron chi connectivity index (χ3n) is 7.15. The summed E-state index contributed by atoms with van der Waals surface area (Å²) in [5, 5.41) is 10.9. The topological polar surface area (TPSA) is 63.6 Å². The van der Waals surface area contributed by atoms with E-state index >= 15 is 0 Å². The molecule has 2 aliphatic rings. The van der Waals surface area contributed by atoms with Crippen LogP contribution in [0.3, 0.4) is 0 Å². The SMILES string of the molecule is O=C1CC(CCc2ccc(O)cc2)(C2CCCC2)OC(=O)C1Sc1cccc2ccccc12. The van der Waals surface area contributed by atoms with Crippen molar-refractivity contribution >= 4 is 34.3 Å². The molecule has 3 aromatic carbocycles. The number of phenolic OH excluding ortho intramolecular Hbond substituents is 1. The molecule has 0 amide bonds. The maximum atomic E-state index is 13.4. The molecule has 33 heavy (non-hydrogen) atoms. The number of aryl methyl sites for hydroxylation is 1. The lowest BCUT2D eigenvalue weighted by Crippen LogP contribution is -2.53. The molecule has 4 nitrogen and oxygen atoms in total. The molecule has 3 aromatic rings. The van der Waals surface area contributed by atoms with E-state index in [1.165, 1.54) is 11.8 Å². The number of aromatic hydroxyl groups is 1. The highest BCUT2D eigenvalue weighted by atomic mass is 32.2. The van der Waals surface area contributed by atoms with Gasteiger partial charge in [0.15, 0.2) is 11.0 Å². The van der Waals surface area contributed by atoms with Gasteiger partial charge in [0, 0.05) is 11.3 Å². The van der Waals surface area contributed by atoms with Gasteiger partial charge in [-0.05, 0) is 66.1 Å². The largest absolute Gasteiger partial charge is 0.508 e. The molecule has 1 aliphatic heterocycles. The zero-order valence-electron chi connectivity index (χ0n) is 18.5. The molecule has 1 aliphatic carbocycles. The normalized spacial score (nSPS) is 23.7. The number of hydrogen-bond acceptors (Lipinski definition) is 5. The standard InChI is InChI=1S/C28H28O4S/c29-22-14-12-19(13-15-22)16-17-28(21-8-2-3-9-21)18-24(30)26(27(31)32-28)33-25-11-5-7-20-6-1-4-10-23(20)25/h1,4-7,10-15,21,26,29H,2-3,8-9,16-18H2. The molecule has 0 radical (unpaired) electrons. The lowest BCUT2D eigenvalue weighted by Gasteiger charge is -2.43. The number of carbonyl (C=O) groups is 2. The van der Waals surface area contributed by atoms with E-state index in [4.69, 9.17) is 4.74 Å². The van der Waals surface area contributed by atoms with Gasteiger partial charge in [-0.15, -0.1) is 11.8 Å². The monoisotopic (exact) mass is 460 g/mol. The van der Waals surface area contributed by atoms with Crippen molar-refractivity contribution in [2.24, 2.45) is 5.92 Å². The first kappa shape index (κ1) is 22.0. The van der Waals surface area contributed by atoms with Crippen molar-refractivity contribution in [2.45, 2.75) is 60.7 Å². The third-order valence-corrected chi connectivity index (χ3v) is 8.45. The predicted octanol–water partition coefficient (Wildman–Crippen LogP) is 6.08. The van der Waals surface area contributed by atoms with Gasteiger partial charge in [0.1, 0.15) is 11.4 Å². The molecule has 1 heterocycles. The summed E-state index contributed by atoms with van der Waals surface area (Å²) in [4.78, 5) is 27.6. The molecule has 5 heteroatoms. The smallest absolute Gasteiger partial charge is 0.327 e. The number of phenols is 1. The van der Waals surface area contributed by atoms with Gasteiger partial charge < -0.3 is 9.84 Å². The Morgan fingerprint density at radius 1 is 0.939 bits per heavy atom. The van der Waals surface area contributed by atoms with Crippen LogP contribution in [0.25, 0.3) is 10.8 Å². The van der Waals surface area contributed by atoms with E-state index in [2.05, 4.69) is 0 Å². The van der Waals surface area contributed by atoms with Gasteiger partial charge in [-0.25, -0.2) is 0 Å². The van der Waals surface area contributed by atoms with E-state index in [0.717, 1.165) is 46.9 Å². The molecule has 2 unspecified atom stereocenters. The van der Waals surface area contributed by atoms with E-state index in [9.17, 15) is 14.7 Å². The van der Waals surface area contributed by atoms with Gasteiger partial charge in [-0.2, -0.15) is 0 Å². The highest BCUT2D eigenvalue weighted by Crippen LogP contribution is 2.46. The maximum absolute atomic E-state index is 13.4. The highest BCUT2D eigenvalue weighted by Gasteiger charge is 2.51. The Bertz CT molecular complexity index is 1140. The van der Waals surface area contributed by atoms with Crippen molar-refractivity contribution in [3.63, 3.8) is 0 Å². The van der Waals surface area contributed by atoms with Gasteiger partial charge in [0.25, 0.3) is 0 Å². The molecule has 1 N–H and O–H groups in total. The summed E-state index contributed by atoms with van der Waals surface area (Å²) in [5.74, 6) is 0.0337. The van der Waals surface area contributed by atoms with E-state index in [0.29, 0.717) is 12.8 Å². The van der Waals surface area contributed by atoms with Crippen LogP contribution in [-0.2, 0) is 20.7 Å². The lowest BCUT2D eigenvalue weighted by molar-refractivity contribution is -0.177. The van der Waals surface area contributed by atoms with Crippen molar-refractivity contribution in [1.29, 1.82) is 0 Å². The number of thioether (sulfide) groups is 1. The van der Waals surface area contributed by atoms with Gasteiger partial charge >= 0.3 is 5.97 Å². The number of benzene rings is 3. The summed E-state index contributed by atoms with van der Waals surface area (Å²) in [6.07, 6.45) is 5.85. The van der Waals surface area contributed by atoms with E-state index in [-0.39, 0.29) is 23.9 Å². The van der Waals surface area contributed by atoms with Crippen LogP contribution in [0.2, 0.25) is 0 Å². The average molecular weight is 461 g/mol. The molecule has 0 aromatic heterocycles. The van der Waals surface area contributed by atoms with Crippen LogP contribution < -0.4 is 0 Å². The zero-order chi connectivity index (χ0) is 22.8. The number of esters is 1. The predicted molar refractivity (Wildman–Crippen MR) is 130 cm³/mol. The summed E-state index contributed by atoms with van der Waals surface area (Å²) in [6.45, 7) is 0. The Hall–Kier alpha value is -2.79. The zero-order valence-corrected chi connectivity index (χ0v) is 19.4. The fraction of sp³-hybridized carbons (Fsp3) is 0.357. The minimum absolute atomic E-state index is 0.0261. The molecule has 5 rings (SSSR count). The first-order valence-electron chi connectivity index (χ1n) is 11.7. The molecule has 1 saturated carbocycles. The number of hydrogen-bond donors (Lipinski definition) is 1. The maximum Gasteiger partial charge on any atom is 0.327 e. The van der Waals surface area contributed by atoms with Crippen molar-refractivity contribution in [3.8, 4) is 5.75 Å². The first-order chi connectivity index (χ1) is 16.0. The molecular formula is C28H28O4S. The third kappa shape index (κ3) is 4.51. The molecule has 0 bridgehead atoms. The van der Waals surface area contributed by atoms with Crippen molar-refractivity contribution < 1.29 is 19.4 Å². The van der Waals surface area contributed by atoms with E-state index in [1.54, 1.807) is 12.1 Å². The van der Waals surface area contributed by atoms with Gasteiger partial charge in [-0.3, -0.25) is 9.59 Å². The van der Waals surface area contributed by atoms with Gasteiger partial charge in [0.05, 0.1) is 0 Å². The van der Waals surface area contributed by atoms with Crippen molar-refractivity contribution in [2.75, 3.05) is 0 Å². The molecule has 1 saturated heterocycles. The number of ether oxygens (including phenoxy) is 1. The average Bonchev–Trinajstić information content (AvgIpc) is 3.37. The minimum atomic E-state index is -0.820. The first-order valence-corrected chi connectivity index (χ1v) is 12.6. The summed E-state index contributed by atoms with van der Waals surface area (Å²) < 4.78 is 6.24. The van der Waals surface area contributed by atoms with Gasteiger partial charge in [-0.1, -0.05) is 61.4 Å². The number of Topliss-reactive ketones (excluding diaryl/α,β-unsaturated/α-hetero) is 1. The Kier molecular flexibility index (Phi) is 6.15. The summed E-state index contributed by atoms with van der Waals surface area (Å²) in [7, 11) is 0. The lowest BCUT2D eigenvalue weighted by atomic mass is 9.76. The fourth-order valence-corrected chi connectivity index (χ4v) is 6.47. The fourth-order valence-electron chi connectivity index (χ4n) is 5.39. The Morgan fingerprint density at radius 2 is 1.67 bits per heavy atom. The number of rotatable bonds is 6. The molecule has 2 atom stereocenters. The molecule has 170 valence electrons. The Morgan fingerprint density at radius 3 is 2.42 bits per heavy atom. The van der Waals surface area contributed by atoms with Crippen LogP contribution in [0.15, 0.2) is 71.6 Å². The molecular weight excluding hydrogens is 432 g/mol. The second-order valence-corrected chi connectivity index (χ2v) is 10.4. The van der Waals surface area contributed by atoms with Crippen LogP contribution in [0.4, 0.5) is 0 Å². The minimum Gasteiger partial charge on any atom is -0.508 e. The summed E-state index contributed by atoms with van der Waals surface area (Å²) in [5.41, 5.74) is 0.346. The molecule has 0 spiro atoms. The number of carbonyl (C=O) groups excluding carboxylic acids is 2. The summed E-state index contributed by atoms with van der Waals surface area (Å²) >= 11 is 1.32.